The van der Waals surface area contributed by atoms with Gasteiger partial charge in [-0.25, -0.2) is 9.96 Å². The van der Waals surface area contributed by atoms with Crippen molar-refractivity contribution in [2.75, 3.05) is 30.3 Å². The van der Waals surface area contributed by atoms with E-state index in [0.717, 1.165) is 30.5 Å². The van der Waals surface area contributed by atoms with Gasteiger partial charge in [-0.1, -0.05) is 44.5 Å². The highest BCUT2D eigenvalue weighted by molar-refractivity contribution is 6.23. The van der Waals surface area contributed by atoms with E-state index in [0.29, 0.717) is 36.1 Å². The smallest absolute Gasteiger partial charge is 0.266 e. The van der Waals surface area contributed by atoms with Gasteiger partial charge >= 0.3 is 0 Å². The molecule has 0 N–H and O–H groups in total. The standard InChI is InChI=1S/C31H34N2O6/c1-4-6-19-38-25-17-12-21(20-26(25)36-3)28-27-29(39-33(28)23-10-8-7-9-11-23)31(35)32(30(27)34)22-13-15-24(16-14-22)37-18-5-2/h7-17,20,27-29H,4-6,18-19H2,1-3H3/t27-,28-,29-/m1/s1. The molecule has 2 aliphatic rings. The normalized spacial score (nSPS) is 20.3. The Hall–Kier alpha value is -4.04. The maximum atomic E-state index is 13.9. The van der Waals surface area contributed by atoms with Crippen LogP contribution in [-0.4, -0.2) is 38.2 Å². The molecule has 3 aromatic carbocycles. The lowest BCUT2D eigenvalue weighted by Crippen LogP contribution is -2.37. The Kier molecular flexibility index (Phi) is 8.02. The van der Waals surface area contributed by atoms with Crippen LogP contribution in [0.15, 0.2) is 72.8 Å². The molecule has 2 saturated heterocycles. The number of para-hydroxylation sites is 1. The van der Waals surface area contributed by atoms with Gasteiger partial charge in [-0.3, -0.25) is 14.4 Å². The van der Waals surface area contributed by atoms with Crippen molar-refractivity contribution < 1.29 is 28.6 Å². The van der Waals surface area contributed by atoms with Crippen LogP contribution in [0.2, 0.25) is 0 Å². The van der Waals surface area contributed by atoms with Gasteiger partial charge in [-0.15, -0.1) is 0 Å². The fourth-order valence-corrected chi connectivity index (χ4v) is 5.03. The zero-order chi connectivity index (χ0) is 27.4. The molecule has 0 radical (unpaired) electrons. The monoisotopic (exact) mass is 530 g/mol. The zero-order valence-electron chi connectivity index (χ0n) is 22.5. The molecule has 204 valence electrons. The van der Waals surface area contributed by atoms with Crippen LogP contribution < -0.4 is 24.2 Å². The summed E-state index contributed by atoms with van der Waals surface area (Å²) in [5.41, 5.74) is 2.04. The summed E-state index contributed by atoms with van der Waals surface area (Å²) in [5, 5.41) is 1.68. The first kappa shape index (κ1) is 26.6. The topological polar surface area (TPSA) is 77.5 Å². The lowest BCUT2D eigenvalue weighted by Gasteiger charge is -2.29. The van der Waals surface area contributed by atoms with Crippen LogP contribution in [0.3, 0.4) is 0 Å². The van der Waals surface area contributed by atoms with Gasteiger partial charge in [0.1, 0.15) is 11.7 Å². The summed E-state index contributed by atoms with van der Waals surface area (Å²) in [6.45, 7) is 5.33. The highest BCUT2D eigenvalue weighted by Crippen LogP contribution is 2.48. The Labute approximate surface area is 229 Å². The number of hydrogen-bond acceptors (Lipinski definition) is 7. The summed E-state index contributed by atoms with van der Waals surface area (Å²) in [6.07, 6.45) is 1.90. The molecule has 0 aromatic heterocycles. The number of ether oxygens (including phenoxy) is 3. The van der Waals surface area contributed by atoms with Crippen molar-refractivity contribution >= 4 is 23.2 Å². The van der Waals surface area contributed by atoms with Crippen LogP contribution in [0.5, 0.6) is 17.2 Å². The first-order chi connectivity index (χ1) is 19.1. The van der Waals surface area contributed by atoms with Crippen molar-refractivity contribution in [1.82, 2.24) is 0 Å². The second-order valence-corrected chi connectivity index (χ2v) is 9.62. The average Bonchev–Trinajstić information content (AvgIpc) is 3.48. The number of nitrogens with zero attached hydrogens (tertiary/aromatic N) is 2. The lowest BCUT2D eigenvalue weighted by molar-refractivity contribution is -0.126. The van der Waals surface area contributed by atoms with Gasteiger partial charge in [0, 0.05) is 0 Å². The number of carbonyl (C=O) groups is 2. The minimum atomic E-state index is -0.954. The number of imide groups is 1. The van der Waals surface area contributed by atoms with Crippen LogP contribution >= 0.6 is 0 Å². The van der Waals surface area contributed by atoms with E-state index in [9.17, 15) is 9.59 Å². The van der Waals surface area contributed by atoms with Gasteiger partial charge in [0.05, 0.1) is 37.7 Å². The minimum absolute atomic E-state index is 0.308. The summed E-state index contributed by atoms with van der Waals surface area (Å²) in [4.78, 5) is 35.0. The summed E-state index contributed by atoms with van der Waals surface area (Å²) < 4.78 is 17.2. The summed E-state index contributed by atoms with van der Waals surface area (Å²) in [5.74, 6) is 0.455. The molecule has 0 spiro atoms. The lowest BCUT2D eigenvalue weighted by atomic mass is 9.90. The van der Waals surface area contributed by atoms with Gasteiger partial charge in [0.15, 0.2) is 17.6 Å². The van der Waals surface area contributed by atoms with Gasteiger partial charge in [0.25, 0.3) is 5.91 Å². The molecular weight excluding hydrogens is 496 g/mol. The molecule has 0 aliphatic carbocycles. The van der Waals surface area contributed by atoms with Crippen LogP contribution in [0, 0.1) is 5.92 Å². The number of rotatable bonds is 11. The number of benzene rings is 3. The molecule has 0 unspecified atom stereocenters. The third-order valence-electron chi connectivity index (χ3n) is 6.98. The maximum absolute atomic E-state index is 13.9. The van der Waals surface area contributed by atoms with Crippen molar-refractivity contribution in [3.05, 3.63) is 78.4 Å². The minimum Gasteiger partial charge on any atom is -0.494 e. The first-order valence-corrected chi connectivity index (χ1v) is 13.5. The molecule has 39 heavy (non-hydrogen) atoms. The van der Waals surface area contributed by atoms with E-state index >= 15 is 0 Å². The quantitative estimate of drug-likeness (QED) is 0.232. The van der Waals surface area contributed by atoms with Crippen molar-refractivity contribution in [2.45, 2.75) is 45.3 Å². The first-order valence-electron chi connectivity index (χ1n) is 13.5. The van der Waals surface area contributed by atoms with E-state index in [1.54, 1.807) is 36.4 Å². The SMILES string of the molecule is CCCCOc1ccc([C@@H]2[C@H]3C(=O)N(c4ccc(OCCC)cc4)C(=O)[C@@H]3ON2c2ccccc2)cc1OC. The molecule has 8 nitrogen and oxygen atoms in total. The number of anilines is 2. The molecule has 0 saturated carbocycles. The number of amides is 2. The molecule has 2 amide bonds. The van der Waals surface area contributed by atoms with E-state index in [1.807, 2.05) is 55.5 Å². The molecule has 2 aliphatic heterocycles. The zero-order valence-corrected chi connectivity index (χ0v) is 22.5. The highest BCUT2D eigenvalue weighted by Gasteiger charge is 2.60. The average molecular weight is 531 g/mol. The fraction of sp³-hybridized carbons (Fsp3) is 0.355. The van der Waals surface area contributed by atoms with Gasteiger partial charge < -0.3 is 14.2 Å². The van der Waals surface area contributed by atoms with E-state index < -0.39 is 18.1 Å². The third-order valence-corrected chi connectivity index (χ3v) is 6.98. The summed E-state index contributed by atoms with van der Waals surface area (Å²) in [6, 6.07) is 21.6. The summed E-state index contributed by atoms with van der Waals surface area (Å²) >= 11 is 0. The van der Waals surface area contributed by atoms with Crippen molar-refractivity contribution in [2.24, 2.45) is 5.92 Å². The van der Waals surface area contributed by atoms with Gasteiger partial charge in [0.2, 0.25) is 5.91 Å². The molecule has 8 heteroatoms. The molecule has 2 heterocycles. The second kappa shape index (κ2) is 11.8. The Morgan fingerprint density at radius 3 is 2.26 bits per heavy atom. The number of methoxy groups -OCH3 is 1. The van der Waals surface area contributed by atoms with Crippen LogP contribution in [-0.2, 0) is 14.4 Å². The highest BCUT2D eigenvalue weighted by atomic mass is 16.7. The number of carbonyl (C=O) groups excluding carboxylic acids is 2. The molecule has 3 aromatic rings. The summed E-state index contributed by atoms with van der Waals surface area (Å²) in [7, 11) is 1.59. The number of hydrogen-bond donors (Lipinski definition) is 0. The van der Waals surface area contributed by atoms with E-state index in [2.05, 4.69) is 6.92 Å². The Morgan fingerprint density at radius 1 is 0.795 bits per heavy atom. The van der Waals surface area contributed by atoms with Crippen LogP contribution in [0.25, 0.3) is 0 Å². The molecule has 2 fully saturated rings. The number of fused-ring (bicyclic) bond motifs is 1. The largest absolute Gasteiger partial charge is 0.494 e. The number of hydroxylamine groups is 1. The molecular formula is C31H34N2O6. The van der Waals surface area contributed by atoms with Gasteiger partial charge in [-0.2, -0.15) is 0 Å². The van der Waals surface area contributed by atoms with Crippen molar-refractivity contribution in [3.8, 4) is 17.2 Å². The Bertz CT molecular complexity index is 1300. The van der Waals surface area contributed by atoms with E-state index in [-0.39, 0.29) is 11.8 Å². The predicted molar refractivity (Wildman–Crippen MR) is 148 cm³/mol. The van der Waals surface area contributed by atoms with E-state index in [4.69, 9.17) is 19.0 Å². The Morgan fingerprint density at radius 2 is 1.56 bits per heavy atom. The number of unbranched alkanes of at least 4 members (excludes halogenated alkanes) is 1. The maximum Gasteiger partial charge on any atom is 0.266 e. The predicted octanol–water partition coefficient (Wildman–Crippen LogP) is 5.71. The van der Waals surface area contributed by atoms with Crippen LogP contribution in [0.1, 0.15) is 44.7 Å². The Balaban J connectivity index is 1.49. The third kappa shape index (κ3) is 5.16. The van der Waals surface area contributed by atoms with E-state index in [1.165, 1.54) is 4.90 Å². The second-order valence-electron chi connectivity index (χ2n) is 9.62. The molecule has 3 atom stereocenters. The molecule has 5 rings (SSSR count). The van der Waals surface area contributed by atoms with Gasteiger partial charge in [-0.05, 0) is 66.9 Å². The molecule has 0 bridgehead atoms. The van der Waals surface area contributed by atoms with Crippen molar-refractivity contribution in [3.63, 3.8) is 0 Å². The van der Waals surface area contributed by atoms with Crippen molar-refractivity contribution in [1.29, 1.82) is 0 Å². The fourth-order valence-electron chi connectivity index (χ4n) is 5.03. The van der Waals surface area contributed by atoms with Crippen LogP contribution in [0.4, 0.5) is 11.4 Å².